The van der Waals surface area contributed by atoms with Gasteiger partial charge in [0.1, 0.15) is 6.54 Å². The first-order chi connectivity index (χ1) is 14.1. The molecule has 0 unspecified atom stereocenters. The molecule has 0 saturated carbocycles. The van der Waals surface area contributed by atoms with Crippen LogP contribution < -0.4 is 15.0 Å². The van der Waals surface area contributed by atoms with E-state index in [0.29, 0.717) is 31.2 Å². The van der Waals surface area contributed by atoms with E-state index in [1.807, 2.05) is 43.3 Å². The smallest absolute Gasteiger partial charge is 0.294 e. The number of para-hydroxylation sites is 2. The second-order valence-electron chi connectivity index (χ2n) is 6.39. The van der Waals surface area contributed by atoms with Crippen molar-refractivity contribution in [2.24, 2.45) is 0 Å². The van der Waals surface area contributed by atoms with Gasteiger partial charge in [-0.15, -0.1) is 0 Å². The molecule has 6 nitrogen and oxygen atoms in total. The fourth-order valence-corrected chi connectivity index (χ4v) is 3.30. The van der Waals surface area contributed by atoms with Gasteiger partial charge in [0.05, 0.1) is 5.69 Å². The normalized spacial score (nSPS) is 14.5. The number of halogens is 1. The minimum Gasteiger partial charge on any atom is -0.449 e. The monoisotopic (exact) mass is 458 g/mol. The van der Waals surface area contributed by atoms with Gasteiger partial charge < -0.3 is 14.8 Å². The molecule has 1 N–H and O–H groups in total. The number of anilines is 1. The fourth-order valence-electron chi connectivity index (χ4n) is 2.90. The van der Waals surface area contributed by atoms with Gasteiger partial charge in [-0.1, -0.05) is 46.3 Å². The number of hydrogen-bond donors (Lipinski definition) is 1. The third-order valence-electron chi connectivity index (χ3n) is 4.32. The van der Waals surface area contributed by atoms with Crippen molar-refractivity contribution in [2.75, 3.05) is 31.2 Å². The van der Waals surface area contributed by atoms with Crippen molar-refractivity contribution in [1.29, 1.82) is 0 Å². The van der Waals surface area contributed by atoms with Crippen LogP contribution in [-0.2, 0) is 14.3 Å². The highest BCUT2D eigenvalue weighted by Crippen LogP contribution is 2.35. The molecule has 0 saturated heterocycles. The number of carbonyl (C=O) groups is 2. The quantitative estimate of drug-likeness (QED) is 0.482. The van der Waals surface area contributed by atoms with Crippen molar-refractivity contribution in [2.45, 2.75) is 13.3 Å². The van der Waals surface area contributed by atoms with Gasteiger partial charge in [-0.3, -0.25) is 14.5 Å². The first-order valence-corrected chi connectivity index (χ1v) is 10.3. The molecule has 2 aromatic carbocycles. The minimum absolute atomic E-state index is 0.0822. The van der Waals surface area contributed by atoms with Crippen molar-refractivity contribution in [1.82, 2.24) is 5.32 Å². The average molecular weight is 459 g/mol. The summed E-state index contributed by atoms with van der Waals surface area (Å²) in [5.74, 6) is 0.116. The Morgan fingerprint density at radius 2 is 1.97 bits per heavy atom. The molecule has 3 rings (SSSR count). The average Bonchev–Trinajstić information content (AvgIpc) is 2.72. The Hall–Kier alpha value is -2.64. The van der Waals surface area contributed by atoms with E-state index in [9.17, 15) is 9.59 Å². The Kier molecular flexibility index (Phi) is 7.43. The summed E-state index contributed by atoms with van der Waals surface area (Å²) in [6.45, 7) is 3.59. The molecule has 152 valence electrons. The maximum Gasteiger partial charge on any atom is 0.294 e. The van der Waals surface area contributed by atoms with Gasteiger partial charge in [-0.05, 0) is 43.2 Å². The molecular weight excluding hydrogens is 436 g/mol. The Morgan fingerprint density at radius 1 is 1.21 bits per heavy atom. The summed E-state index contributed by atoms with van der Waals surface area (Å²) in [5.41, 5.74) is 1.39. The summed E-state index contributed by atoms with van der Waals surface area (Å²) in [5, 5.41) is 2.83. The number of ether oxygens (including phenoxy) is 2. The highest BCUT2D eigenvalue weighted by atomic mass is 79.9. The van der Waals surface area contributed by atoms with E-state index in [-0.39, 0.29) is 24.1 Å². The van der Waals surface area contributed by atoms with Gasteiger partial charge >= 0.3 is 0 Å². The van der Waals surface area contributed by atoms with Crippen LogP contribution in [-0.4, -0.2) is 38.1 Å². The zero-order valence-electron chi connectivity index (χ0n) is 16.2. The molecule has 2 amide bonds. The molecule has 0 bridgehead atoms. The van der Waals surface area contributed by atoms with Crippen LogP contribution in [0.15, 0.2) is 58.8 Å². The first kappa shape index (κ1) is 21.1. The van der Waals surface area contributed by atoms with Crippen molar-refractivity contribution in [3.8, 4) is 5.75 Å². The molecule has 0 atom stereocenters. The Balaban J connectivity index is 1.77. The number of fused-ring (bicyclic) bond motifs is 1. The Bertz CT molecular complexity index is 913. The zero-order chi connectivity index (χ0) is 20.6. The lowest BCUT2D eigenvalue weighted by atomic mass is 10.1. The third kappa shape index (κ3) is 5.46. The number of nitrogens with zero attached hydrogens (tertiary/aromatic N) is 1. The molecule has 1 heterocycles. The van der Waals surface area contributed by atoms with E-state index in [2.05, 4.69) is 21.2 Å². The van der Waals surface area contributed by atoms with Crippen LogP contribution in [0.4, 0.5) is 5.69 Å². The van der Waals surface area contributed by atoms with E-state index in [0.717, 1.165) is 16.5 Å². The Morgan fingerprint density at radius 3 is 2.76 bits per heavy atom. The minimum atomic E-state index is -0.357. The first-order valence-electron chi connectivity index (χ1n) is 9.49. The van der Waals surface area contributed by atoms with Gasteiger partial charge in [-0.2, -0.15) is 0 Å². The molecule has 2 aromatic rings. The van der Waals surface area contributed by atoms with Crippen molar-refractivity contribution in [3.05, 3.63) is 64.3 Å². The zero-order valence-corrected chi connectivity index (χ0v) is 17.8. The molecule has 1 aliphatic rings. The highest BCUT2D eigenvalue weighted by Gasteiger charge is 2.31. The fraction of sp³-hybridized carbons (Fsp3) is 0.273. The summed E-state index contributed by atoms with van der Waals surface area (Å²) in [7, 11) is 0. The summed E-state index contributed by atoms with van der Waals surface area (Å²) < 4.78 is 12.0. The van der Waals surface area contributed by atoms with E-state index in [1.54, 1.807) is 18.2 Å². The van der Waals surface area contributed by atoms with Crippen LogP contribution in [0.5, 0.6) is 5.75 Å². The lowest BCUT2D eigenvalue weighted by Crippen LogP contribution is -2.44. The topological polar surface area (TPSA) is 67.9 Å². The number of hydrogen-bond acceptors (Lipinski definition) is 4. The van der Waals surface area contributed by atoms with Gasteiger partial charge in [0.25, 0.3) is 5.91 Å². The van der Waals surface area contributed by atoms with Crippen molar-refractivity contribution >= 4 is 39.5 Å². The van der Waals surface area contributed by atoms with Crippen molar-refractivity contribution < 1.29 is 19.1 Å². The number of nitrogens with one attached hydrogen (secondary N) is 1. The summed E-state index contributed by atoms with van der Waals surface area (Å²) in [4.78, 5) is 26.9. The summed E-state index contributed by atoms with van der Waals surface area (Å²) >= 11 is 3.48. The van der Waals surface area contributed by atoms with Gasteiger partial charge in [0, 0.05) is 24.2 Å². The lowest BCUT2D eigenvalue weighted by Gasteiger charge is -2.30. The third-order valence-corrected chi connectivity index (χ3v) is 5.04. The number of carbonyl (C=O) groups excluding carboxylic acids is 2. The highest BCUT2D eigenvalue weighted by molar-refractivity contribution is 9.10. The van der Waals surface area contributed by atoms with Gasteiger partial charge in [-0.25, -0.2) is 0 Å². The van der Waals surface area contributed by atoms with Gasteiger partial charge in [0.15, 0.2) is 11.5 Å². The van der Waals surface area contributed by atoms with E-state index in [4.69, 9.17) is 9.47 Å². The molecule has 0 radical (unpaired) electrons. The van der Waals surface area contributed by atoms with Crippen molar-refractivity contribution in [3.63, 3.8) is 0 Å². The molecule has 0 spiro atoms. The SMILES string of the molecule is CCOCCCNC(=O)CN1C(=O)C(=Cc2ccccc2Br)Oc2ccccc21. The van der Waals surface area contributed by atoms with Gasteiger partial charge in [0.2, 0.25) is 5.91 Å². The van der Waals surface area contributed by atoms with Crippen LogP contribution in [0.2, 0.25) is 0 Å². The van der Waals surface area contributed by atoms with E-state index in [1.165, 1.54) is 4.90 Å². The predicted octanol–water partition coefficient (Wildman–Crippen LogP) is 3.76. The van der Waals surface area contributed by atoms with Crippen LogP contribution in [0.25, 0.3) is 6.08 Å². The largest absolute Gasteiger partial charge is 0.449 e. The predicted molar refractivity (Wildman–Crippen MR) is 116 cm³/mol. The molecular formula is C22H23BrN2O4. The maximum absolute atomic E-state index is 13.1. The molecule has 0 aliphatic carbocycles. The summed E-state index contributed by atoms with van der Waals surface area (Å²) in [6, 6.07) is 14.7. The number of rotatable bonds is 8. The summed E-state index contributed by atoms with van der Waals surface area (Å²) in [6.07, 6.45) is 2.40. The molecule has 7 heteroatoms. The van der Waals surface area contributed by atoms with E-state index >= 15 is 0 Å². The molecule has 0 aromatic heterocycles. The van der Waals surface area contributed by atoms with Crippen LogP contribution in [0.3, 0.4) is 0 Å². The number of benzene rings is 2. The Labute approximate surface area is 178 Å². The maximum atomic E-state index is 13.1. The second-order valence-corrected chi connectivity index (χ2v) is 7.25. The van der Waals surface area contributed by atoms with Crippen LogP contribution >= 0.6 is 15.9 Å². The molecule has 0 fully saturated rings. The standard InChI is InChI=1S/C22H23BrN2O4/c1-2-28-13-7-12-24-21(26)15-25-18-10-5-6-11-19(18)29-20(22(25)27)14-16-8-3-4-9-17(16)23/h3-6,8-11,14H,2,7,12-13,15H2,1H3,(H,24,26). The molecule has 1 aliphatic heterocycles. The second kappa shape index (κ2) is 10.2. The van der Waals surface area contributed by atoms with Crippen LogP contribution in [0, 0.1) is 0 Å². The number of amides is 2. The van der Waals surface area contributed by atoms with E-state index < -0.39 is 0 Å². The molecule has 29 heavy (non-hydrogen) atoms. The van der Waals surface area contributed by atoms with Crippen LogP contribution in [0.1, 0.15) is 18.9 Å². The lowest BCUT2D eigenvalue weighted by molar-refractivity contribution is -0.123.